The van der Waals surface area contributed by atoms with Gasteiger partial charge in [-0.1, -0.05) is 11.6 Å². The summed E-state index contributed by atoms with van der Waals surface area (Å²) in [5, 5.41) is 21.4. The lowest BCUT2D eigenvalue weighted by atomic mass is 9.87. The first-order valence-corrected chi connectivity index (χ1v) is 13.0. The summed E-state index contributed by atoms with van der Waals surface area (Å²) in [6.45, 7) is 2.34. The number of piperidine rings is 1. The molecular formula is C27H32ClN3O6. The molecule has 5 rings (SSSR count). The monoisotopic (exact) mass is 529 g/mol. The van der Waals surface area contributed by atoms with Gasteiger partial charge in [-0.15, -0.1) is 0 Å². The highest BCUT2D eigenvalue weighted by Gasteiger charge is 2.42. The van der Waals surface area contributed by atoms with Gasteiger partial charge in [0.05, 0.1) is 5.56 Å². The van der Waals surface area contributed by atoms with Crippen molar-refractivity contribution in [3.8, 4) is 17.2 Å². The molecule has 2 aromatic rings. The maximum atomic E-state index is 13.1. The summed E-state index contributed by atoms with van der Waals surface area (Å²) in [4.78, 5) is 28.5. The van der Waals surface area contributed by atoms with Gasteiger partial charge in [0.15, 0.2) is 0 Å². The Labute approximate surface area is 220 Å². The molecule has 198 valence electrons. The second kappa shape index (κ2) is 10.4. The van der Waals surface area contributed by atoms with Crippen LogP contribution in [0.25, 0.3) is 0 Å². The van der Waals surface area contributed by atoms with Gasteiger partial charge in [-0.3, -0.25) is 9.59 Å². The first-order valence-electron chi connectivity index (χ1n) is 12.7. The lowest BCUT2D eigenvalue weighted by molar-refractivity contribution is -0.121. The van der Waals surface area contributed by atoms with Crippen LogP contribution >= 0.6 is 11.6 Å². The van der Waals surface area contributed by atoms with Crippen LogP contribution in [0.2, 0.25) is 5.02 Å². The van der Waals surface area contributed by atoms with E-state index in [1.54, 1.807) is 0 Å². The standard InChI is InChI=1S/C27H32ClN3O6/c28-18-3-6-23-17(12-18)14-27(37-23)7-10-30(11-8-27)15-20(33)16-36-24-13-19(32)4-5-21(24)26(35)31-9-1-2-22(31)25(29)34/h3-6,12-13,20,22,32-33H,1-2,7-11,14-16H2,(H2,29,34)/t20-,22-/m0/s1. The van der Waals surface area contributed by atoms with Crippen molar-refractivity contribution in [2.45, 2.75) is 49.9 Å². The molecular weight excluding hydrogens is 498 g/mol. The molecule has 3 aliphatic rings. The van der Waals surface area contributed by atoms with Gasteiger partial charge in [-0.25, -0.2) is 0 Å². The van der Waals surface area contributed by atoms with E-state index in [-0.39, 0.29) is 35.2 Å². The van der Waals surface area contributed by atoms with Crippen molar-refractivity contribution >= 4 is 23.4 Å². The number of primary amides is 1. The molecule has 2 saturated heterocycles. The zero-order valence-corrected chi connectivity index (χ0v) is 21.3. The lowest BCUT2D eigenvalue weighted by Gasteiger charge is -2.39. The predicted molar refractivity (Wildman–Crippen MR) is 137 cm³/mol. The number of carbonyl (C=O) groups is 2. The number of hydrogen-bond acceptors (Lipinski definition) is 7. The van der Waals surface area contributed by atoms with Crippen LogP contribution in [0.1, 0.15) is 41.6 Å². The Kier molecular flexibility index (Phi) is 7.20. The average molecular weight is 530 g/mol. The normalized spacial score (nSPS) is 21.5. The number of aliphatic hydroxyl groups excluding tert-OH is 1. The van der Waals surface area contributed by atoms with Gasteiger partial charge in [0.2, 0.25) is 5.91 Å². The zero-order chi connectivity index (χ0) is 26.2. The minimum Gasteiger partial charge on any atom is -0.508 e. The van der Waals surface area contributed by atoms with Crippen molar-refractivity contribution in [2.24, 2.45) is 5.73 Å². The Balaban J connectivity index is 1.15. The van der Waals surface area contributed by atoms with E-state index >= 15 is 0 Å². The first-order chi connectivity index (χ1) is 17.7. The number of nitrogens with two attached hydrogens (primary N) is 1. The van der Waals surface area contributed by atoms with Crippen molar-refractivity contribution in [1.82, 2.24) is 9.80 Å². The summed E-state index contributed by atoms with van der Waals surface area (Å²) in [6, 6.07) is 9.30. The lowest BCUT2D eigenvalue weighted by Crippen LogP contribution is -2.49. The molecule has 0 saturated carbocycles. The highest BCUT2D eigenvalue weighted by molar-refractivity contribution is 6.30. The number of benzene rings is 2. The van der Waals surface area contributed by atoms with Crippen LogP contribution in [0.15, 0.2) is 36.4 Å². The van der Waals surface area contributed by atoms with E-state index in [1.807, 2.05) is 18.2 Å². The molecule has 10 heteroatoms. The quantitative estimate of drug-likeness (QED) is 0.502. The molecule has 1 spiro atoms. The maximum absolute atomic E-state index is 13.1. The number of phenols is 1. The van der Waals surface area contributed by atoms with E-state index in [1.165, 1.54) is 23.1 Å². The fourth-order valence-electron chi connectivity index (χ4n) is 5.63. The summed E-state index contributed by atoms with van der Waals surface area (Å²) < 4.78 is 12.1. The predicted octanol–water partition coefficient (Wildman–Crippen LogP) is 2.34. The third-order valence-electron chi connectivity index (χ3n) is 7.57. The third-order valence-corrected chi connectivity index (χ3v) is 7.80. The number of ether oxygens (including phenoxy) is 2. The van der Waals surface area contributed by atoms with Gasteiger partial charge in [0, 0.05) is 56.5 Å². The van der Waals surface area contributed by atoms with Crippen molar-refractivity contribution in [2.75, 3.05) is 32.8 Å². The molecule has 37 heavy (non-hydrogen) atoms. The van der Waals surface area contributed by atoms with Gasteiger partial charge in [-0.2, -0.15) is 0 Å². The smallest absolute Gasteiger partial charge is 0.258 e. The van der Waals surface area contributed by atoms with E-state index in [0.29, 0.717) is 31.0 Å². The van der Waals surface area contributed by atoms with E-state index < -0.39 is 18.1 Å². The Morgan fingerprint density at radius 2 is 1.97 bits per heavy atom. The zero-order valence-electron chi connectivity index (χ0n) is 20.6. The Morgan fingerprint density at radius 1 is 1.19 bits per heavy atom. The molecule has 0 aromatic heterocycles. The van der Waals surface area contributed by atoms with Crippen molar-refractivity contribution in [1.29, 1.82) is 0 Å². The van der Waals surface area contributed by atoms with Crippen LogP contribution in [-0.2, 0) is 11.2 Å². The van der Waals surface area contributed by atoms with Crippen molar-refractivity contribution < 1.29 is 29.3 Å². The van der Waals surface area contributed by atoms with Gasteiger partial charge in [0.25, 0.3) is 5.91 Å². The number of fused-ring (bicyclic) bond motifs is 1. The van der Waals surface area contributed by atoms with Crippen LogP contribution in [0.4, 0.5) is 0 Å². The van der Waals surface area contributed by atoms with Gasteiger partial charge < -0.3 is 35.2 Å². The Morgan fingerprint density at radius 3 is 2.73 bits per heavy atom. The van der Waals surface area contributed by atoms with E-state index in [9.17, 15) is 19.8 Å². The summed E-state index contributed by atoms with van der Waals surface area (Å²) in [7, 11) is 0. The number of halogens is 1. The molecule has 0 bridgehead atoms. The van der Waals surface area contributed by atoms with Crippen LogP contribution in [0.3, 0.4) is 0 Å². The molecule has 2 fully saturated rings. The number of hydrogen-bond donors (Lipinski definition) is 3. The number of likely N-dealkylation sites (tertiary alicyclic amines) is 2. The number of phenolic OH excluding ortho intramolecular Hbond substituents is 1. The van der Waals surface area contributed by atoms with Crippen LogP contribution in [0, 0.1) is 0 Å². The number of β-amino-alcohol motifs (C(OH)–C–C–N with tert-alkyl or cyclic N) is 1. The van der Waals surface area contributed by atoms with Gasteiger partial charge >= 0.3 is 0 Å². The van der Waals surface area contributed by atoms with E-state index in [4.69, 9.17) is 26.8 Å². The third kappa shape index (κ3) is 5.49. The minimum atomic E-state index is -0.801. The number of amides is 2. The number of carbonyl (C=O) groups excluding carboxylic acids is 2. The number of rotatable bonds is 7. The molecule has 0 aliphatic carbocycles. The Hall–Kier alpha value is -3.01. The Bertz CT molecular complexity index is 1180. The average Bonchev–Trinajstić information content (AvgIpc) is 3.49. The number of nitrogens with zero attached hydrogens (tertiary/aromatic N) is 2. The molecule has 9 nitrogen and oxygen atoms in total. The van der Waals surface area contributed by atoms with E-state index in [2.05, 4.69) is 4.90 Å². The summed E-state index contributed by atoms with van der Waals surface area (Å²) in [5.74, 6) is 0.0768. The minimum absolute atomic E-state index is 0.0505. The van der Waals surface area contributed by atoms with Crippen molar-refractivity contribution in [3.05, 3.63) is 52.5 Å². The largest absolute Gasteiger partial charge is 0.508 e. The highest BCUT2D eigenvalue weighted by atomic mass is 35.5. The van der Waals surface area contributed by atoms with Crippen LogP contribution in [0.5, 0.6) is 17.2 Å². The molecule has 2 amide bonds. The second-order valence-corrected chi connectivity index (χ2v) is 10.7. The molecule has 0 unspecified atom stereocenters. The molecule has 0 radical (unpaired) electrons. The van der Waals surface area contributed by atoms with Crippen LogP contribution < -0.4 is 15.2 Å². The van der Waals surface area contributed by atoms with E-state index in [0.717, 1.165) is 43.7 Å². The molecule has 3 heterocycles. The SMILES string of the molecule is NC(=O)[C@@H]1CCCN1C(=O)c1ccc(O)cc1OC[C@@H](O)CN1CCC2(CC1)Cc1cc(Cl)ccc1O2. The van der Waals surface area contributed by atoms with Crippen molar-refractivity contribution in [3.63, 3.8) is 0 Å². The molecule has 2 aromatic carbocycles. The van der Waals surface area contributed by atoms with Gasteiger partial charge in [-0.05, 0) is 48.7 Å². The second-order valence-electron chi connectivity index (χ2n) is 10.2. The maximum Gasteiger partial charge on any atom is 0.258 e. The summed E-state index contributed by atoms with van der Waals surface area (Å²) >= 11 is 6.14. The molecule has 3 aliphatic heterocycles. The first kappa shape index (κ1) is 25.6. The highest BCUT2D eigenvalue weighted by Crippen LogP contribution is 2.42. The fourth-order valence-corrected chi connectivity index (χ4v) is 5.82. The molecule has 4 N–H and O–H groups in total. The van der Waals surface area contributed by atoms with Gasteiger partial charge in [0.1, 0.15) is 41.6 Å². The fraction of sp³-hybridized carbons (Fsp3) is 0.481. The summed E-state index contributed by atoms with van der Waals surface area (Å²) in [5.41, 5.74) is 6.60. The number of aromatic hydroxyl groups is 1. The van der Waals surface area contributed by atoms with Crippen LogP contribution in [-0.4, -0.2) is 82.4 Å². The number of aliphatic hydroxyl groups is 1. The summed E-state index contributed by atoms with van der Waals surface area (Å²) in [6.07, 6.45) is 2.93. The molecule has 2 atom stereocenters. The topological polar surface area (TPSA) is 126 Å².